The molecule has 0 aliphatic rings. The number of rotatable bonds is 1. The first-order chi connectivity index (χ1) is 6.24. The van der Waals surface area contributed by atoms with E-state index in [1.54, 1.807) is 18.3 Å². The molecule has 0 bridgehead atoms. The SMILES string of the molecule is NCc1cc2cc[nH]c2c(F)c1F. The Bertz CT molecular complexity index is 448. The number of aromatic nitrogens is 1. The van der Waals surface area contributed by atoms with Crippen LogP contribution in [0.15, 0.2) is 18.3 Å². The molecule has 2 rings (SSSR count). The van der Waals surface area contributed by atoms with E-state index in [1.807, 2.05) is 0 Å². The first-order valence-electron chi connectivity index (χ1n) is 3.88. The highest BCUT2D eigenvalue weighted by molar-refractivity contribution is 5.80. The predicted octanol–water partition coefficient (Wildman–Crippen LogP) is 1.90. The van der Waals surface area contributed by atoms with E-state index in [0.29, 0.717) is 5.39 Å². The minimum absolute atomic E-state index is 0.00384. The van der Waals surface area contributed by atoms with Gasteiger partial charge in [0.05, 0.1) is 5.52 Å². The standard InChI is InChI=1S/C9H8F2N2/c10-7-6(4-12)3-5-1-2-13-9(5)8(7)11/h1-3,13H,4,12H2. The van der Waals surface area contributed by atoms with Crippen LogP contribution >= 0.6 is 0 Å². The summed E-state index contributed by atoms with van der Waals surface area (Å²) in [5, 5.41) is 0.638. The Morgan fingerprint density at radius 1 is 1.31 bits per heavy atom. The molecule has 0 aliphatic heterocycles. The Hall–Kier alpha value is -1.42. The highest BCUT2D eigenvalue weighted by Gasteiger charge is 2.12. The Balaban J connectivity index is 2.83. The molecule has 0 unspecified atom stereocenters. The summed E-state index contributed by atoms with van der Waals surface area (Å²) in [6.45, 7) is 0.00384. The number of H-pyrrole nitrogens is 1. The summed E-state index contributed by atoms with van der Waals surface area (Å²) in [5.41, 5.74) is 5.65. The van der Waals surface area contributed by atoms with E-state index in [1.165, 1.54) is 0 Å². The Morgan fingerprint density at radius 2 is 2.08 bits per heavy atom. The molecule has 2 nitrogen and oxygen atoms in total. The van der Waals surface area contributed by atoms with E-state index in [-0.39, 0.29) is 17.6 Å². The van der Waals surface area contributed by atoms with Gasteiger partial charge in [0.25, 0.3) is 0 Å². The van der Waals surface area contributed by atoms with Gasteiger partial charge in [0.2, 0.25) is 0 Å². The van der Waals surface area contributed by atoms with Gasteiger partial charge in [-0.25, -0.2) is 8.78 Å². The maximum Gasteiger partial charge on any atom is 0.183 e. The van der Waals surface area contributed by atoms with Crippen LogP contribution in [0.1, 0.15) is 5.56 Å². The number of benzene rings is 1. The van der Waals surface area contributed by atoms with Gasteiger partial charge in [0, 0.05) is 23.7 Å². The molecule has 2 aromatic rings. The zero-order valence-electron chi connectivity index (χ0n) is 6.77. The lowest BCUT2D eigenvalue weighted by Crippen LogP contribution is -2.02. The summed E-state index contributed by atoms with van der Waals surface area (Å²) in [4.78, 5) is 2.62. The molecule has 1 heterocycles. The fourth-order valence-electron chi connectivity index (χ4n) is 1.34. The van der Waals surface area contributed by atoms with Gasteiger partial charge in [-0.1, -0.05) is 0 Å². The number of hydrogen-bond donors (Lipinski definition) is 2. The monoisotopic (exact) mass is 182 g/mol. The van der Waals surface area contributed by atoms with E-state index in [9.17, 15) is 8.78 Å². The molecule has 1 aromatic carbocycles. The number of hydrogen-bond acceptors (Lipinski definition) is 1. The van der Waals surface area contributed by atoms with Crippen molar-refractivity contribution in [3.63, 3.8) is 0 Å². The van der Waals surface area contributed by atoms with Crippen molar-refractivity contribution < 1.29 is 8.78 Å². The van der Waals surface area contributed by atoms with Crippen LogP contribution in [0.25, 0.3) is 10.9 Å². The van der Waals surface area contributed by atoms with Crippen molar-refractivity contribution in [1.29, 1.82) is 0 Å². The van der Waals surface area contributed by atoms with Gasteiger partial charge in [-0.2, -0.15) is 0 Å². The van der Waals surface area contributed by atoms with Crippen LogP contribution in [0.4, 0.5) is 8.78 Å². The number of halogens is 2. The van der Waals surface area contributed by atoms with Crippen molar-refractivity contribution in [2.24, 2.45) is 5.73 Å². The molecule has 3 N–H and O–H groups in total. The molecule has 0 aliphatic carbocycles. The Morgan fingerprint density at radius 3 is 2.77 bits per heavy atom. The average molecular weight is 182 g/mol. The quantitative estimate of drug-likeness (QED) is 0.694. The summed E-state index contributed by atoms with van der Waals surface area (Å²) in [6.07, 6.45) is 1.56. The van der Waals surface area contributed by atoms with Crippen LogP contribution < -0.4 is 5.73 Å². The van der Waals surface area contributed by atoms with Crippen LogP contribution in [0.3, 0.4) is 0 Å². The zero-order chi connectivity index (χ0) is 9.42. The molecule has 4 heteroatoms. The van der Waals surface area contributed by atoms with E-state index >= 15 is 0 Å². The van der Waals surface area contributed by atoms with Crippen molar-refractivity contribution in [3.8, 4) is 0 Å². The van der Waals surface area contributed by atoms with E-state index in [2.05, 4.69) is 4.98 Å². The topological polar surface area (TPSA) is 41.8 Å². The summed E-state index contributed by atoms with van der Waals surface area (Å²) >= 11 is 0. The van der Waals surface area contributed by atoms with Gasteiger partial charge in [-0.15, -0.1) is 0 Å². The first-order valence-corrected chi connectivity index (χ1v) is 3.88. The molecule has 0 radical (unpaired) electrons. The van der Waals surface area contributed by atoms with Gasteiger partial charge in [-0.05, 0) is 12.1 Å². The first kappa shape index (κ1) is 8.19. The largest absolute Gasteiger partial charge is 0.359 e. The normalized spacial score (nSPS) is 11.0. The number of aromatic amines is 1. The molecule has 0 spiro atoms. The maximum atomic E-state index is 13.2. The summed E-state index contributed by atoms with van der Waals surface area (Å²) in [6, 6.07) is 3.22. The summed E-state index contributed by atoms with van der Waals surface area (Å²) in [5.74, 6) is -1.72. The highest BCUT2D eigenvalue weighted by Crippen LogP contribution is 2.22. The fourth-order valence-corrected chi connectivity index (χ4v) is 1.34. The van der Waals surface area contributed by atoms with Gasteiger partial charge in [0.15, 0.2) is 11.6 Å². The van der Waals surface area contributed by atoms with Crippen LogP contribution in [-0.2, 0) is 6.54 Å². The van der Waals surface area contributed by atoms with Gasteiger partial charge >= 0.3 is 0 Å². The second kappa shape index (κ2) is 2.81. The van der Waals surface area contributed by atoms with Crippen molar-refractivity contribution >= 4 is 10.9 Å². The Kier molecular flexibility index (Phi) is 1.77. The van der Waals surface area contributed by atoms with Crippen LogP contribution in [0.5, 0.6) is 0 Å². The lowest BCUT2D eigenvalue weighted by molar-refractivity contribution is 0.506. The number of nitrogens with two attached hydrogens (primary N) is 1. The van der Waals surface area contributed by atoms with Crippen molar-refractivity contribution in [2.75, 3.05) is 0 Å². The molecular weight excluding hydrogens is 174 g/mol. The van der Waals surface area contributed by atoms with Gasteiger partial charge in [0.1, 0.15) is 0 Å². The van der Waals surface area contributed by atoms with E-state index in [0.717, 1.165) is 0 Å². The summed E-state index contributed by atoms with van der Waals surface area (Å²) < 4.78 is 26.4. The molecule has 0 amide bonds. The third-order valence-electron chi connectivity index (χ3n) is 2.02. The smallest absolute Gasteiger partial charge is 0.183 e. The highest BCUT2D eigenvalue weighted by atomic mass is 19.2. The minimum atomic E-state index is -0.863. The molecule has 0 saturated heterocycles. The average Bonchev–Trinajstić information content (AvgIpc) is 2.59. The Labute approximate surface area is 73.4 Å². The predicted molar refractivity (Wildman–Crippen MR) is 46.1 cm³/mol. The minimum Gasteiger partial charge on any atom is -0.359 e. The second-order valence-corrected chi connectivity index (χ2v) is 2.81. The lowest BCUT2D eigenvalue weighted by Gasteiger charge is -2.01. The third kappa shape index (κ3) is 1.10. The van der Waals surface area contributed by atoms with Crippen molar-refractivity contribution in [3.05, 3.63) is 35.5 Å². The molecule has 0 saturated carbocycles. The fraction of sp³-hybridized carbons (Fsp3) is 0.111. The van der Waals surface area contributed by atoms with Gasteiger partial charge < -0.3 is 10.7 Å². The molecule has 13 heavy (non-hydrogen) atoms. The second-order valence-electron chi connectivity index (χ2n) is 2.81. The van der Waals surface area contributed by atoms with Crippen molar-refractivity contribution in [2.45, 2.75) is 6.54 Å². The van der Waals surface area contributed by atoms with Crippen LogP contribution in [-0.4, -0.2) is 4.98 Å². The maximum absolute atomic E-state index is 13.2. The molecule has 0 atom stereocenters. The van der Waals surface area contributed by atoms with Gasteiger partial charge in [-0.3, -0.25) is 0 Å². The van der Waals surface area contributed by atoms with Crippen LogP contribution in [0.2, 0.25) is 0 Å². The zero-order valence-corrected chi connectivity index (χ0v) is 6.77. The number of nitrogens with one attached hydrogen (secondary N) is 1. The van der Waals surface area contributed by atoms with E-state index < -0.39 is 11.6 Å². The van der Waals surface area contributed by atoms with Crippen molar-refractivity contribution in [1.82, 2.24) is 4.98 Å². The molecule has 1 aromatic heterocycles. The molecule has 68 valence electrons. The third-order valence-corrected chi connectivity index (χ3v) is 2.02. The lowest BCUT2D eigenvalue weighted by atomic mass is 10.1. The number of fused-ring (bicyclic) bond motifs is 1. The summed E-state index contributed by atoms with van der Waals surface area (Å²) in [7, 11) is 0. The van der Waals surface area contributed by atoms with E-state index in [4.69, 9.17) is 5.73 Å². The molecular formula is C9H8F2N2. The molecule has 0 fully saturated rings. The van der Waals surface area contributed by atoms with Crippen LogP contribution in [0, 0.1) is 11.6 Å².